The van der Waals surface area contributed by atoms with E-state index < -0.39 is 6.04 Å². The molecule has 4 nitrogen and oxygen atoms in total. The molecule has 0 spiro atoms. The molecule has 0 aromatic heterocycles. The molecule has 0 radical (unpaired) electrons. The number of benzene rings is 3. The van der Waals surface area contributed by atoms with Gasteiger partial charge in [-0.25, -0.2) is 4.39 Å². The van der Waals surface area contributed by atoms with Crippen molar-refractivity contribution in [3.8, 4) is 5.75 Å². The fourth-order valence-corrected chi connectivity index (χ4v) is 4.56. The van der Waals surface area contributed by atoms with Gasteiger partial charge < -0.3 is 15.4 Å². The van der Waals surface area contributed by atoms with Gasteiger partial charge in [-0.05, 0) is 59.9 Å². The van der Waals surface area contributed by atoms with Crippen molar-refractivity contribution in [2.24, 2.45) is 0 Å². The summed E-state index contributed by atoms with van der Waals surface area (Å²) in [6, 6.07) is 21.8. The van der Waals surface area contributed by atoms with Gasteiger partial charge in [-0.2, -0.15) is 0 Å². The van der Waals surface area contributed by atoms with Gasteiger partial charge in [-0.1, -0.05) is 36.4 Å². The second-order valence-corrected chi connectivity index (χ2v) is 8.00. The maximum atomic E-state index is 14.0. The molecule has 5 heteroatoms. The van der Waals surface area contributed by atoms with Gasteiger partial charge >= 0.3 is 0 Å². The Morgan fingerprint density at radius 1 is 0.903 bits per heavy atom. The van der Waals surface area contributed by atoms with Gasteiger partial charge in [-0.3, -0.25) is 4.79 Å². The molecule has 156 valence electrons. The third kappa shape index (κ3) is 3.67. The van der Waals surface area contributed by atoms with Crippen LogP contribution < -0.4 is 15.4 Å². The molecule has 0 unspecified atom stereocenters. The van der Waals surface area contributed by atoms with Crippen LogP contribution in [0.15, 0.2) is 84.1 Å². The predicted molar refractivity (Wildman–Crippen MR) is 120 cm³/mol. The Labute approximate surface area is 180 Å². The molecule has 1 aliphatic carbocycles. The number of hydrogen-bond donors (Lipinski definition) is 2. The third-order valence-corrected chi connectivity index (χ3v) is 6.06. The quantitative estimate of drug-likeness (QED) is 0.568. The Balaban J connectivity index is 1.60. The molecule has 2 N–H and O–H groups in total. The topological polar surface area (TPSA) is 50.4 Å². The lowest BCUT2D eigenvalue weighted by Crippen LogP contribution is -2.27. The molecule has 3 aromatic rings. The van der Waals surface area contributed by atoms with E-state index in [1.807, 2.05) is 54.6 Å². The summed E-state index contributed by atoms with van der Waals surface area (Å²) in [4.78, 5) is 13.5. The number of hydrogen-bond acceptors (Lipinski definition) is 4. The molecule has 5 rings (SSSR count). The number of anilines is 2. The molecule has 0 amide bonds. The first-order chi connectivity index (χ1) is 15.1. The van der Waals surface area contributed by atoms with Crippen molar-refractivity contribution in [3.05, 3.63) is 101 Å². The number of ketones is 1. The number of para-hydroxylation sites is 2. The van der Waals surface area contributed by atoms with E-state index >= 15 is 0 Å². The standard InChI is InChI=1S/C26H23FN2O2/c1-31-20-9-5-6-16(13-20)18-14-23-25(24(30)15-18)26(17-7-4-8-19(27)12-17)29-22-11-3-2-10-21(22)28-23/h2-13,18,26,28-29H,14-15H2,1H3/t18-,26-/m1/s1. The molecule has 2 aliphatic rings. The van der Waals surface area contributed by atoms with Gasteiger partial charge in [0.2, 0.25) is 0 Å². The van der Waals surface area contributed by atoms with Crippen LogP contribution in [0.1, 0.15) is 35.9 Å². The number of fused-ring (bicyclic) bond motifs is 1. The van der Waals surface area contributed by atoms with Crippen molar-refractivity contribution in [2.45, 2.75) is 24.8 Å². The van der Waals surface area contributed by atoms with Gasteiger partial charge in [0.05, 0.1) is 24.5 Å². The van der Waals surface area contributed by atoms with E-state index in [2.05, 4.69) is 10.6 Å². The van der Waals surface area contributed by atoms with E-state index in [0.717, 1.165) is 33.9 Å². The highest BCUT2D eigenvalue weighted by atomic mass is 19.1. The maximum Gasteiger partial charge on any atom is 0.163 e. The average Bonchev–Trinajstić information content (AvgIpc) is 2.96. The molecule has 1 aliphatic heterocycles. The van der Waals surface area contributed by atoms with Gasteiger partial charge in [-0.15, -0.1) is 0 Å². The van der Waals surface area contributed by atoms with E-state index in [4.69, 9.17) is 4.74 Å². The number of allylic oxidation sites excluding steroid dienone is 1. The first kappa shape index (κ1) is 19.4. The summed E-state index contributed by atoms with van der Waals surface area (Å²) in [6.45, 7) is 0. The van der Waals surface area contributed by atoms with Gasteiger partial charge in [0.1, 0.15) is 11.6 Å². The lowest BCUT2D eigenvalue weighted by molar-refractivity contribution is -0.116. The van der Waals surface area contributed by atoms with Crippen molar-refractivity contribution in [1.82, 2.24) is 0 Å². The zero-order valence-corrected chi connectivity index (χ0v) is 17.2. The number of carbonyl (C=O) groups excluding carboxylic acids is 1. The lowest BCUT2D eigenvalue weighted by atomic mass is 9.78. The van der Waals surface area contributed by atoms with Crippen molar-refractivity contribution in [3.63, 3.8) is 0 Å². The van der Waals surface area contributed by atoms with Crippen molar-refractivity contribution >= 4 is 17.2 Å². The molecule has 2 atom stereocenters. The summed E-state index contributed by atoms with van der Waals surface area (Å²) in [6.07, 6.45) is 1.09. The summed E-state index contributed by atoms with van der Waals surface area (Å²) in [5.41, 5.74) is 5.18. The van der Waals surface area contributed by atoms with Crippen molar-refractivity contribution < 1.29 is 13.9 Å². The van der Waals surface area contributed by atoms with E-state index in [0.29, 0.717) is 18.4 Å². The Hall–Kier alpha value is -3.60. The summed E-state index contributed by atoms with van der Waals surface area (Å²) in [5, 5.41) is 6.98. The minimum atomic E-state index is -0.416. The lowest BCUT2D eigenvalue weighted by Gasteiger charge is -2.30. The number of methoxy groups -OCH3 is 1. The second-order valence-electron chi connectivity index (χ2n) is 8.00. The molecular weight excluding hydrogens is 391 g/mol. The van der Waals surface area contributed by atoms with Crippen LogP contribution in [0.5, 0.6) is 5.75 Å². The SMILES string of the molecule is COc1cccc([C@H]2CC(=O)C3=C(C2)Nc2ccccc2N[C@@H]3c2cccc(F)c2)c1. The van der Waals surface area contributed by atoms with E-state index in [-0.39, 0.29) is 17.5 Å². The van der Waals surface area contributed by atoms with E-state index in [1.54, 1.807) is 13.2 Å². The zero-order chi connectivity index (χ0) is 21.4. The Bertz CT molecular complexity index is 1190. The predicted octanol–water partition coefficient (Wildman–Crippen LogP) is 5.81. The average molecular weight is 414 g/mol. The van der Waals surface area contributed by atoms with Crippen LogP contribution in [0, 0.1) is 5.82 Å². The zero-order valence-electron chi connectivity index (χ0n) is 17.2. The Morgan fingerprint density at radius 3 is 2.48 bits per heavy atom. The maximum absolute atomic E-state index is 14.0. The number of carbonyl (C=O) groups is 1. The van der Waals surface area contributed by atoms with Crippen LogP contribution in [0.2, 0.25) is 0 Å². The fraction of sp³-hybridized carbons (Fsp3) is 0.192. The summed E-state index contributed by atoms with van der Waals surface area (Å²) < 4.78 is 19.4. The second kappa shape index (κ2) is 7.91. The highest BCUT2D eigenvalue weighted by Crippen LogP contribution is 2.44. The molecule has 0 bridgehead atoms. The number of halogens is 1. The van der Waals surface area contributed by atoms with E-state index in [1.165, 1.54) is 12.1 Å². The van der Waals surface area contributed by atoms with Crippen molar-refractivity contribution in [2.75, 3.05) is 17.7 Å². The molecule has 0 fully saturated rings. The number of nitrogens with one attached hydrogen (secondary N) is 2. The largest absolute Gasteiger partial charge is 0.497 e. The third-order valence-electron chi connectivity index (χ3n) is 6.06. The Morgan fingerprint density at radius 2 is 1.68 bits per heavy atom. The van der Waals surface area contributed by atoms with Gasteiger partial charge in [0, 0.05) is 17.7 Å². The monoisotopic (exact) mass is 414 g/mol. The normalized spacial score (nSPS) is 20.1. The smallest absolute Gasteiger partial charge is 0.163 e. The first-order valence-electron chi connectivity index (χ1n) is 10.4. The van der Waals surface area contributed by atoms with Gasteiger partial charge in [0.15, 0.2) is 5.78 Å². The van der Waals surface area contributed by atoms with Gasteiger partial charge in [0.25, 0.3) is 0 Å². The van der Waals surface area contributed by atoms with Crippen LogP contribution in [-0.2, 0) is 4.79 Å². The summed E-state index contributed by atoms with van der Waals surface area (Å²) >= 11 is 0. The van der Waals surface area contributed by atoms with Crippen LogP contribution in [0.4, 0.5) is 15.8 Å². The van der Waals surface area contributed by atoms with Crippen LogP contribution >= 0.6 is 0 Å². The van der Waals surface area contributed by atoms with E-state index in [9.17, 15) is 9.18 Å². The number of rotatable bonds is 3. The Kier molecular flexibility index (Phi) is 4.94. The highest BCUT2D eigenvalue weighted by Gasteiger charge is 2.36. The molecular formula is C26H23FN2O2. The van der Waals surface area contributed by atoms with Crippen LogP contribution in [-0.4, -0.2) is 12.9 Å². The number of ether oxygens (including phenoxy) is 1. The highest BCUT2D eigenvalue weighted by molar-refractivity contribution is 6.01. The molecule has 0 saturated carbocycles. The number of Topliss-reactive ketones (excluding diaryl/α,β-unsaturated/α-hetero) is 1. The summed E-state index contributed by atoms with van der Waals surface area (Å²) in [5.74, 6) is 0.580. The van der Waals surface area contributed by atoms with Crippen molar-refractivity contribution in [1.29, 1.82) is 0 Å². The molecule has 31 heavy (non-hydrogen) atoms. The van der Waals surface area contributed by atoms with Crippen LogP contribution in [0.25, 0.3) is 0 Å². The minimum absolute atomic E-state index is 0.0484. The first-order valence-corrected chi connectivity index (χ1v) is 10.4. The molecule has 3 aromatic carbocycles. The van der Waals surface area contributed by atoms with Crippen LogP contribution in [0.3, 0.4) is 0 Å². The summed E-state index contributed by atoms with van der Waals surface area (Å²) in [7, 11) is 1.64. The molecule has 0 saturated heterocycles. The fourth-order valence-electron chi connectivity index (χ4n) is 4.56. The molecule has 1 heterocycles. The minimum Gasteiger partial charge on any atom is -0.497 e.